The van der Waals surface area contributed by atoms with Gasteiger partial charge >= 0.3 is 0 Å². The molecule has 32 heavy (non-hydrogen) atoms. The molecule has 1 amide bonds. The number of carbonyl (C=O) groups is 1. The van der Waals surface area contributed by atoms with Crippen LogP contribution in [0.1, 0.15) is 29.9 Å². The van der Waals surface area contributed by atoms with Gasteiger partial charge in [-0.15, -0.1) is 11.3 Å². The molecule has 1 fully saturated rings. The summed E-state index contributed by atoms with van der Waals surface area (Å²) < 4.78 is 33.0. The normalized spacial score (nSPS) is 17.4. The summed E-state index contributed by atoms with van der Waals surface area (Å²) in [5.41, 5.74) is 2.97. The molecule has 3 heterocycles. The van der Waals surface area contributed by atoms with Gasteiger partial charge in [0.25, 0.3) is 10.0 Å². The van der Waals surface area contributed by atoms with Gasteiger partial charge in [-0.1, -0.05) is 35.0 Å². The van der Waals surface area contributed by atoms with Gasteiger partial charge < -0.3 is 9.84 Å². The predicted octanol–water partition coefficient (Wildman–Crippen LogP) is 3.17. The molecule has 1 aromatic carbocycles. The molecule has 0 spiro atoms. The molecular formula is C22H26N4O4S2. The van der Waals surface area contributed by atoms with E-state index in [0.717, 1.165) is 23.3 Å². The van der Waals surface area contributed by atoms with Crippen LogP contribution in [0, 0.1) is 19.8 Å². The highest BCUT2D eigenvalue weighted by Crippen LogP contribution is 2.31. The van der Waals surface area contributed by atoms with Gasteiger partial charge in [0.2, 0.25) is 17.6 Å². The Hall–Kier alpha value is -2.56. The lowest BCUT2D eigenvalue weighted by Gasteiger charge is -2.30. The van der Waals surface area contributed by atoms with E-state index < -0.39 is 10.0 Å². The van der Waals surface area contributed by atoms with Crippen LogP contribution >= 0.6 is 11.3 Å². The molecule has 1 saturated heterocycles. The van der Waals surface area contributed by atoms with E-state index in [0.29, 0.717) is 43.2 Å². The van der Waals surface area contributed by atoms with Crippen LogP contribution < -0.4 is 5.32 Å². The lowest BCUT2D eigenvalue weighted by molar-refractivity contribution is -0.126. The molecule has 10 heteroatoms. The first-order valence-corrected chi connectivity index (χ1v) is 12.9. The van der Waals surface area contributed by atoms with Crippen molar-refractivity contribution in [3.05, 3.63) is 52.7 Å². The number of thiophene rings is 1. The second-order valence-corrected chi connectivity index (χ2v) is 11.1. The van der Waals surface area contributed by atoms with Crippen molar-refractivity contribution in [3.8, 4) is 11.4 Å². The first-order valence-electron chi connectivity index (χ1n) is 10.6. The fourth-order valence-electron chi connectivity index (χ4n) is 3.72. The maximum Gasteiger partial charge on any atom is 0.252 e. The molecule has 8 nitrogen and oxygen atoms in total. The summed E-state index contributed by atoms with van der Waals surface area (Å²) in [6.07, 6.45) is 2.08. The van der Waals surface area contributed by atoms with E-state index >= 15 is 0 Å². The smallest absolute Gasteiger partial charge is 0.252 e. The van der Waals surface area contributed by atoms with Crippen molar-refractivity contribution in [2.75, 3.05) is 19.6 Å². The number of sulfonamides is 1. The number of nitrogens with one attached hydrogen (secondary N) is 1. The largest absolute Gasteiger partial charge is 0.355 e. The Morgan fingerprint density at radius 1 is 1.28 bits per heavy atom. The number of rotatable bonds is 7. The van der Waals surface area contributed by atoms with Crippen molar-refractivity contribution in [1.29, 1.82) is 0 Å². The number of benzene rings is 1. The van der Waals surface area contributed by atoms with Crippen molar-refractivity contribution < 1.29 is 17.7 Å². The van der Waals surface area contributed by atoms with Crippen LogP contribution in [-0.4, -0.2) is 48.4 Å². The van der Waals surface area contributed by atoms with Gasteiger partial charge in [-0.2, -0.15) is 9.29 Å². The number of aryl methyl sites for hydroxylation is 2. The average molecular weight is 475 g/mol. The Kier molecular flexibility index (Phi) is 6.73. The van der Waals surface area contributed by atoms with Crippen molar-refractivity contribution >= 4 is 27.3 Å². The van der Waals surface area contributed by atoms with Crippen molar-refractivity contribution in [3.63, 3.8) is 0 Å². The van der Waals surface area contributed by atoms with E-state index in [2.05, 4.69) is 39.7 Å². The van der Waals surface area contributed by atoms with Gasteiger partial charge in [0.1, 0.15) is 4.21 Å². The lowest BCUT2D eigenvalue weighted by Crippen LogP contribution is -2.45. The SMILES string of the molecule is Cc1ccc(CCNC(=O)[C@H]2CCCN(S(=O)(=O)c3cc(-c4noc(C)n4)cs3)C2)cc1. The van der Waals surface area contributed by atoms with Crippen LogP contribution in [0.5, 0.6) is 0 Å². The first kappa shape index (κ1) is 22.6. The third kappa shape index (κ3) is 5.08. The first-order chi connectivity index (χ1) is 15.3. The van der Waals surface area contributed by atoms with Crippen LogP contribution in [-0.2, 0) is 21.2 Å². The third-order valence-electron chi connectivity index (χ3n) is 5.54. The van der Waals surface area contributed by atoms with Crippen LogP contribution in [0.4, 0.5) is 0 Å². The third-order valence-corrected chi connectivity index (χ3v) is 8.82. The fourth-order valence-corrected chi connectivity index (χ4v) is 6.55. The standard InChI is InChI=1S/C22H26N4O4S2/c1-15-5-7-17(8-6-15)9-10-23-22(27)18-4-3-11-26(13-18)32(28,29)20-12-19(14-31-20)21-24-16(2)30-25-21/h5-8,12,14,18H,3-4,9-11,13H2,1-2H3,(H,23,27)/t18-/m0/s1. The molecule has 4 rings (SSSR count). The van der Waals surface area contributed by atoms with Crippen LogP contribution in [0.15, 0.2) is 44.4 Å². The number of hydrogen-bond donors (Lipinski definition) is 1. The maximum absolute atomic E-state index is 13.2. The minimum Gasteiger partial charge on any atom is -0.355 e. The predicted molar refractivity (Wildman–Crippen MR) is 122 cm³/mol. The zero-order valence-corrected chi connectivity index (χ0v) is 19.7. The summed E-state index contributed by atoms with van der Waals surface area (Å²) >= 11 is 1.12. The van der Waals surface area contributed by atoms with Crippen molar-refractivity contribution in [2.45, 2.75) is 37.3 Å². The molecule has 0 unspecified atom stereocenters. The molecule has 1 aliphatic heterocycles. The van der Waals surface area contributed by atoms with Gasteiger partial charge in [0, 0.05) is 37.5 Å². The molecule has 0 bridgehead atoms. The van der Waals surface area contributed by atoms with E-state index in [4.69, 9.17) is 4.52 Å². The van der Waals surface area contributed by atoms with Crippen molar-refractivity contribution in [1.82, 2.24) is 19.8 Å². The fraction of sp³-hybridized carbons (Fsp3) is 0.409. The number of nitrogens with zero attached hydrogens (tertiary/aromatic N) is 3. The number of hydrogen-bond acceptors (Lipinski definition) is 7. The highest BCUT2D eigenvalue weighted by atomic mass is 32.2. The van der Waals surface area contributed by atoms with E-state index in [1.165, 1.54) is 9.87 Å². The second-order valence-electron chi connectivity index (χ2n) is 8.02. The van der Waals surface area contributed by atoms with Crippen LogP contribution in [0.25, 0.3) is 11.4 Å². The monoisotopic (exact) mass is 474 g/mol. The lowest BCUT2D eigenvalue weighted by atomic mass is 9.98. The maximum atomic E-state index is 13.2. The molecular weight excluding hydrogens is 448 g/mol. The highest BCUT2D eigenvalue weighted by Gasteiger charge is 2.34. The minimum atomic E-state index is -3.69. The zero-order chi connectivity index (χ0) is 22.7. The van der Waals surface area contributed by atoms with Gasteiger partial charge in [-0.05, 0) is 37.8 Å². The number of piperidine rings is 1. The summed E-state index contributed by atoms with van der Waals surface area (Å²) in [6, 6.07) is 9.78. The van der Waals surface area contributed by atoms with Crippen molar-refractivity contribution in [2.24, 2.45) is 5.92 Å². The Morgan fingerprint density at radius 2 is 2.06 bits per heavy atom. The number of aromatic nitrogens is 2. The Balaban J connectivity index is 1.36. The van der Waals surface area contributed by atoms with Crippen LogP contribution in [0.2, 0.25) is 0 Å². The molecule has 1 aliphatic rings. The van der Waals surface area contributed by atoms with Gasteiger partial charge in [0.15, 0.2) is 0 Å². The highest BCUT2D eigenvalue weighted by molar-refractivity contribution is 7.91. The van der Waals surface area contributed by atoms with E-state index in [1.54, 1.807) is 18.4 Å². The summed E-state index contributed by atoms with van der Waals surface area (Å²) in [5.74, 6) is 0.342. The van der Waals surface area contributed by atoms with Gasteiger partial charge in [0.05, 0.1) is 5.92 Å². The summed E-state index contributed by atoms with van der Waals surface area (Å²) in [5, 5.41) is 8.52. The topological polar surface area (TPSA) is 105 Å². The summed E-state index contributed by atoms with van der Waals surface area (Å²) in [7, 11) is -3.69. The van der Waals surface area contributed by atoms with E-state index in [9.17, 15) is 13.2 Å². The van der Waals surface area contributed by atoms with Gasteiger partial charge in [-0.3, -0.25) is 4.79 Å². The average Bonchev–Trinajstić information content (AvgIpc) is 3.45. The summed E-state index contributed by atoms with van der Waals surface area (Å²) in [4.78, 5) is 16.8. The van der Waals surface area contributed by atoms with E-state index in [-0.39, 0.29) is 22.6 Å². The second kappa shape index (κ2) is 9.51. The number of amides is 1. The van der Waals surface area contributed by atoms with E-state index in [1.807, 2.05) is 6.92 Å². The molecule has 0 aliphatic carbocycles. The molecule has 0 saturated carbocycles. The zero-order valence-electron chi connectivity index (χ0n) is 18.1. The molecule has 2 aromatic heterocycles. The quantitative estimate of drug-likeness (QED) is 0.564. The molecule has 1 atom stereocenters. The molecule has 1 N–H and O–H groups in total. The summed E-state index contributed by atoms with van der Waals surface area (Å²) in [6.45, 7) is 4.85. The Bertz CT molecular complexity index is 1180. The molecule has 170 valence electrons. The molecule has 0 radical (unpaired) electrons. The minimum absolute atomic E-state index is 0.0915. The number of carbonyl (C=O) groups excluding carboxylic acids is 1. The van der Waals surface area contributed by atoms with Gasteiger partial charge in [-0.25, -0.2) is 8.42 Å². The molecule has 3 aromatic rings. The Morgan fingerprint density at radius 3 is 2.78 bits per heavy atom. The van der Waals surface area contributed by atoms with Crippen LogP contribution in [0.3, 0.4) is 0 Å². The Labute approximate surface area is 191 Å².